The summed E-state index contributed by atoms with van der Waals surface area (Å²) in [5.41, 5.74) is -0.111. The Morgan fingerprint density at radius 1 is 1.11 bits per heavy atom. The lowest BCUT2D eigenvalue weighted by molar-refractivity contribution is -0.662. The van der Waals surface area contributed by atoms with Gasteiger partial charge in [-0.2, -0.15) is 16.8 Å². The molecular weight excluding hydrogens is 300 g/mol. The summed E-state index contributed by atoms with van der Waals surface area (Å²) in [4.78, 5) is -1.39. The number of aromatic amines is 1. The fourth-order valence-electron chi connectivity index (χ4n) is 1.35. The molecule has 12 heteroatoms. The van der Waals surface area contributed by atoms with Crippen molar-refractivity contribution in [3.63, 3.8) is 0 Å². The minimum absolute atomic E-state index is 0.111. The summed E-state index contributed by atoms with van der Waals surface area (Å²) in [5.74, 6) is 0. The number of rotatable bonds is 3. The Hall–Kier alpha value is -1.89. The minimum Gasteiger partial charge on any atom is -0.282 e. The second kappa shape index (κ2) is 4.34. The summed E-state index contributed by atoms with van der Waals surface area (Å²) in [6.45, 7) is 0. The van der Waals surface area contributed by atoms with Crippen molar-refractivity contribution in [3.8, 4) is 5.69 Å². The SMILES string of the molecule is O=S(=O)(O)c1ccc(-[n+]2cnn[nH]2)c(S(=O)(=O)O)c1. The molecule has 0 saturated carbocycles. The fourth-order valence-corrected chi connectivity index (χ4v) is 2.64. The van der Waals surface area contributed by atoms with Crippen LogP contribution in [0.1, 0.15) is 0 Å². The standard InChI is InChI=1S/C7H6N4O6S2/c12-18(13,14)5-1-2-6(11-4-8-9-10-11)7(3-5)19(15,16)17/h1-4H,(H2,12,13,14,15,16,17)/p+1. The lowest BCUT2D eigenvalue weighted by Gasteiger charge is -2.04. The quantitative estimate of drug-likeness (QED) is 0.461. The van der Waals surface area contributed by atoms with Crippen LogP contribution in [0.3, 0.4) is 0 Å². The molecule has 3 N–H and O–H groups in total. The molecule has 0 aliphatic heterocycles. The average molecular weight is 307 g/mol. The van der Waals surface area contributed by atoms with Crippen LogP contribution in [0, 0.1) is 0 Å². The summed E-state index contributed by atoms with van der Waals surface area (Å²) in [6, 6.07) is 2.65. The Balaban J connectivity index is 2.78. The molecule has 0 amide bonds. The highest BCUT2D eigenvalue weighted by molar-refractivity contribution is 7.86. The molecule has 0 fully saturated rings. The predicted octanol–water partition coefficient (Wildman–Crippen LogP) is -1.43. The van der Waals surface area contributed by atoms with E-state index >= 15 is 0 Å². The van der Waals surface area contributed by atoms with Gasteiger partial charge in [0.2, 0.25) is 0 Å². The number of tetrazole rings is 1. The minimum atomic E-state index is -4.71. The Morgan fingerprint density at radius 2 is 1.79 bits per heavy atom. The number of H-pyrrole nitrogens is 1. The first-order valence-corrected chi connectivity index (χ1v) is 7.45. The smallest absolute Gasteiger partial charge is 0.282 e. The van der Waals surface area contributed by atoms with Crippen molar-refractivity contribution >= 4 is 20.2 Å². The monoisotopic (exact) mass is 307 g/mol. The van der Waals surface area contributed by atoms with Gasteiger partial charge >= 0.3 is 0 Å². The summed E-state index contributed by atoms with van der Waals surface area (Å²) in [5, 5.41) is 9.04. The topological polar surface area (TPSA) is 154 Å². The van der Waals surface area contributed by atoms with Crippen LogP contribution in [0.15, 0.2) is 34.3 Å². The van der Waals surface area contributed by atoms with Gasteiger partial charge in [0.1, 0.15) is 15.7 Å². The normalized spacial score (nSPS) is 12.5. The third-order valence-electron chi connectivity index (χ3n) is 2.14. The summed E-state index contributed by atoms with van der Waals surface area (Å²) in [6.07, 6.45) is 1.11. The molecule has 0 radical (unpaired) electrons. The van der Waals surface area contributed by atoms with Crippen LogP contribution in [0.25, 0.3) is 5.69 Å². The molecule has 0 aliphatic rings. The second-order valence-corrected chi connectivity index (χ2v) is 6.19. The fraction of sp³-hybridized carbons (Fsp3) is 0. The molecule has 0 atom stereocenters. The van der Waals surface area contributed by atoms with Crippen molar-refractivity contribution in [2.24, 2.45) is 0 Å². The predicted molar refractivity (Wildman–Crippen MR) is 57.5 cm³/mol. The van der Waals surface area contributed by atoms with Crippen molar-refractivity contribution in [2.75, 3.05) is 0 Å². The lowest BCUT2D eigenvalue weighted by atomic mass is 10.3. The van der Waals surface area contributed by atoms with Crippen LogP contribution in [0.4, 0.5) is 0 Å². The van der Waals surface area contributed by atoms with E-state index in [2.05, 4.69) is 15.5 Å². The highest BCUT2D eigenvalue weighted by Gasteiger charge is 2.23. The molecule has 0 unspecified atom stereocenters. The van der Waals surface area contributed by atoms with Crippen LogP contribution in [0.5, 0.6) is 0 Å². The first-order valence-electron chi connectivity index (χ1n) is 4.57. The molecule has 0 bridgehead atoms. The zero-order chi connectivity index (χ0) is 14.3. The summed E-state index contributed by atoms with van der Waals surface area (Å²) in [7, 11) is -9.31. The molecular formula is C7H7N4O6S2+. The van der Waals surface area contributed by atoms with Gasteiger partial charge < -0.3 is 0 Å². The van der Waals surface area contributed by atoms with Crippen molar-refractivity contribution in [3.05, 3.63) is 24.5 Å². The van der Waals surface area contributed by atoms with Gasteiger partial charge in [0.15, 0.2) is 5.21 Å². The number of hydrogen-bond acceptors (Lipinski definition) is 6. The van der Waals surface area contributed by atoms with Crippen LogP contribution in [0.2, 0.25) is 0 Å². The van der Waals surface area contributed by atoms with E-state index in [4.69, 9.17) is 9.11 Å². The Bertz CT molecular complexity index is 811. The number of nitrogens with zero attached hydrogens (tertiary/aromatic N) is 3. The first-order chi connectivity index (χ1) is 8.69. The Labute approximate surface area is 107 Å². The second-order valence-electron chi connectivity index (χ2n) is 3.38. The number of aromatic nitrogens is 4. The maximum Gasteiger partial charge on any atom is 0.298 e. The third-order valence-corrected chi connectivity index (χ3v) is 3.88. The van der Waals surface area contributed by atoms with E-state index in [0.717, 1.165) is 23.1 Å². The van der Waals surface area contributed by atoms with E-state index in [0.29, 0.717) is 6.07 Å². The van der Waals surface area contributed by atoms with Gasteiger partial charge in [-0.1, -0.05) is 5.21 Å². The highest BCUT2D eigenvalue weighted by atomic mass is 32.2. The van der Waals surface area contributed by atoms with Gasteiger partial charge in [-0.05, 0) is 18.2 Å². The molecule has 1 aromatic heterocycles. The van der Waals surface area contributed by atoms with Crippen molar-refractivity contribution < 1.29 is 30.6 Å². The molecule has 0 saturated heterocycles. The molecule has 10 nitrogen and oxygen atoms in total. The van der Waals surface area contributed by atoms with Crippen molar-refractivity contribution in [2.45, 2.75) is 9.79 Å². The van der Waals surface area contributed by atoms with Gasteiger partial charge in [-0.15, -0.1) is 4.68 Å². The number of nitrogens with one attached hydrogen (secondary N) is 1. The maximum atomic E-state index is 11.2. The maximum absolute atomic E-state index is 11.2. The molecule has 19 heavy (non-hydrogen) atoms. The van der Waals surface area contributed by atoms with E-state index < -0.39 is 30.0 Å². The average Bonchev–Trinajstić information content (AvgIpc) is 2.79. The van der Waals surface area contributed by atoms with Crippen LogP contribution < -0.4 is 4.68 Å². The van der Waals surface area contributed by atoms with Crippen LogP contribution >= 0.6 is 0 Å². The van der Waals surface area contributed by atoms with E-state index in [9.17, 15) is 16.8 Å². The zero-order valence-electron chi connectivity index (χ0n) is 8.99. The number of benzene rings is 1. The van der Waals surface area contributed by atoms with Gasteiger partial charge in [-0.25, -0.2) is 0 Å². The van der Waals surface area contributed by atoms with Gasteiger partial charge in [0, 0.05) is 0 Å². The zero-order valence-corrected chi connectivity index (χ0v) is 10.6. The van der Waals surface area contributed by atoms with Crippen LogP contribution in [-0.2, 0) is 20.2 Å². The van der Waals surface area contributed by atoms with E-state index in [1.54, 1.807) is 0 Å². The molecule has 2 rings (SSSR count). The molecule has 1 aromatic carbocycles. The summed E-state index contributed by atoms with van der Waals surface area (Å²) < 4.78 is 63.4. The van der Waals surface area contributed by atoms with E-state index in [1.807, 2.05) is 0 Å². The summed E-state index contributed by atoms with van der Waals surface area (Å²) >= 11 is 0. The van der Waals surface area contributed by atoms with Gasteiger partial charge in [0.25, 0.3) is 26.6 Å². The third kappa shape index (κ3) is 2.76. The molecule has 0 aliphatic carbocycles. The number of hydrogen-bond donors (Lipinski definition) is 3. The Kier molecular flexibility index (Phi) is 3.09. The highest BCUT2D eigenvalue weighted by Crippen LogP contribution is 2.20. The lowest BCUT2D eigenvalue weighted by Crippen LogP contribution is -2.34. The molecule has 102 valence electrons. The van der Waals surface area contributed by atoms with Gasteiger partial charge in [-0.3, -0.25) is 9.11 Å². The molecule has 0 spiro atoms. The largest absolute Gasteiger partial charge is 0.298 e. The van der Waals surface area contributed by atoms with Crippen molar-refractivity contribution in [1.82, 2.24) is 15.5 Å². The Morgan fingerprint density at radius 3 is 2.26 bits per heavy atom. The van der Waals surface area contributed by atoms with Gasteiger partial charge in [0.05, 0.1) is 4.90 Å². The van der Waals surface area contributed by atoms with E-state index in [1.165, 1.54) is 0 Å². The molecule has 2 aromatic rings. The van der Waals surface area contributed by atoms with Crippen molar-refractivity contribution in [1.29, 1.82) is 0 Å². The molecule has 1 heterocycles. The van der Waals surface area contributed by atoms with E-state index in [-0.39, 0.29) is 5.69 Å². The first kappa shape index (κ1) is 13.5. The van der Waals surface area contributed by atoms with Crippen LogP contribution in [-0.4, -0.2) is 41.5 Å².